The summed E-state index contributed by atoms with van der Waals surface area (Å²) in [5.74, 6) is 0.545. The van der Waals surface area contributed by atoms with Crippen LogP contribution in [0.25, 0.3) is 0 Å². The number of hydrogen-bond acceptors (Lipinski definition) is 8. The minimum absolute atomic E-state index is 0.0401. The van der Waals surface area contributed by atoms with E-state index >= 15 is 0 Å². The van der Waals surface area contributed by atoms with E-state index in [1.807, 2.05) is 0 Å². The van der Waals surface area contributed by atoms with Crippen LogP contribution in [0.15, 0.2) is 16.6 Å². The van der Waals surface area contributed by atoms with Crippen molar-refractivity contribution in [3.8, 4) is 11.5 Å². The predicted molar refractivity (Wildman–Crippen MR) is 101 cm³/mol. The Bertz CT molecular complexity index is 802. The number of benzene rings is 1. The van der Waals surface area contributed by atoms with Crippen molar-refractivity contribution in [3.05, 3.63) is 22.2 Å². The number of ether oxygens (including phenoxy) is 5. The zero-order valence-electron chi connectivity index (χ0n) is 16.0. The molecule has 2 aliphatic rings. The van der Waals surface area contributed by atoms with Gasteiger partial charge in [0.05, 0.1) is 19.3 Å². The van der Waals surface area contributed by atoms with Crippen molar-refractivity contribution in [2.75, 3.05) is 33.2 Å². The van der Waals surface area contributed by atoms with E-state index in [2.05, 4.69) is 15.9 Å². The van der Waals surface area contributed by atoms with Gasteiger partial charge in [0, 0.05) is 4.47 Å². The molecule has 0 bridgehead atoms. The quantitative estimate of drug-likeness (QED) is 0.440. The van der Waals surface area contributed by atoms with Crippen molar-refractivity contribution in [2.24, 2.45) is 0 Å². The van der Waals surface area contributed by atoms with Gasteiger partial charge in [-0.05, 0) is 38.0 Å². The van der Waals surface area contributed by atoms with Gasteiger partial charge < -0.3 is 23.7 Å². The summed E-state index contributed by atoms with van der Waals surface area (Å²) >= 11 is 3.48. The Balaban J connectivity index is 1.83. The average molecular weight is 473 g/mol. The van der Waals surface area contributed by atoms with E-state index < -0.39 is 30.7 Å². The van der Waals surface area contributed by atoms with Crippen LogP contribution in [0.3, 0.4) is 0 Å². The zero-order valence-corrected chi connectivity index (χ0v) is 17.6. The van der Waals surface area contributed by atoms with Gasteiger partial charge >= 0.3 is 18.2 Å². The first kappa shape index (κ1) is 21.0. The fourth-order valence-corrected chi connectivity index (χ4v) is 3.50. The van der Waals surface area contributed by atoms with Crippen molar-refractivity contribution in [1.29, 1.82) is 0 Å². The average Bonchev–Trinajstić information content (AvgIpc) is 3.27. The second kappa shape index (κ2) is 9.21. The Morgan fingerprint density at radius 3 is 2.55 bits per heavy atom. The normalized spacial score (nSPS) is 17.1. The maximum absolute atomic E-state index is 12.4. The topological polar surface area (TPSA) is 104 Å². The molecule has 158 valence electrons. The monoisotopic (exact) mass is 472 g/mol. The van der Waals surface area contributed by atoms with Gasteiger partial charge in [-0.3, -0.25) is 4.79 Å². The maximum atomic E-state index is 12.4. The van der Waals surface area contributed by atoms with Crippen LogP contribution < -0.4 is 9.47 Å². The Morgan fingerprint density at radius 1 is 1.17 bits per heavy atom. The van der Waals surface area contributed by atoms with E-state index in [0.717, 1.165) is 20.1 Å². The second-order valence-electron chi connectivity index (χ2n) is 6.14. The first-order chi connectivity index (χ1) is 13.9. The Morgan fingerprint density at radius 2 is 1.86 bits per heavy atom. The van der Waals surface area contributed by atoms with Crippen LogP contribution in [-0.4, -0.2) is 67.4 Å². The predicted octanol–water partition coefficient (Wildman–Crippen LogP) is 2.48. The minimum atomic E-state index is -0.839. The van der Waals surface area contributed by atoms with Crippen LogP contribution in [0.5, 0.6) is 11.5 Å². The molecule has 0 saturated carbocycles. The second-order valence-corrected chi connectivity index (χ2v) is 6.99. The smallest absolute Gasteiger partial charge is 0.429 e. The van der Waals surface area contributed by atoms with Crippen LogP contribution in [-0.2, 0) is 25.4 Å². The highest BCUT2D eigenvalue weighted by Gasteiger charge is 2.41. The number of fused-ring (bicyclic) bond motifs is 1. The number of nitrogens with zero attached hydrogens (tertiary/aromatic N) is 2. The van der Waals surface area contributed by atoms with Crippen molar-refractivity contribution < 1.29 is 38.1 Å². The number of hydrazine groups is 1. The van der Waals surface area contributed by atoms with Crippen LogP contribution in [0.2, 0.25) is 0 Å². The first-order valence-electron chi connectivity index (χ1n) is 9.08. The summed E-state index contributed by atoms with van der Waals surface area (Å²) in [6.07, 6.45) is -1.25. The highest BCUT2D eigenvalue weighted by atomic mass is 79.9. The van der Waals surface area contributed by atoms with Crippen LogP contribution in [0, 0.1) is 0 Å². The van der Waals surface area contributed by atoms with Crippen molar-refractivity contribution in [1.82, 2.24) is 10.0 Å². The summed E-state index contributed by atoms with van der Waals surface area (Å²) < 4.78 is 26.6. The molecule has 3 rings (SSSR count). The van der Waals surface area contributed by atoms with Crippen LogP contribution >= 0.6 is 15.9 Å². The molecule has 1 atom stereocenters. The molecule has 1 aromatic carbocycles. The highest BCUT2D eigenvalue weighted by Crippen LogP contribution is 2.38. The number of halogens is 1. The molecule has 29 heavy (non-hydrogen) atoms. The van der Waals surface area contributed by atoms with E-state index in [1.54, 1.807) is 26.0 Å². The van der Waals surface area contributed by atoms with Gasteiger partial charge in [0.2, 0.25) is 6.79 Å². The molecule has 2 aliphatic heterocycles. The van der Waals surface area contributed by atoms with Gasteiger partial charge in [-0.25, -0.2) is 19.6 Å². The zero-order chi connectivity index (χ0) is 21.0. The lowest BCUT2D eigenvalue weighted by Gasteiger charge is -2.32. The Kier molecular flexibility index (Phi) is 6.68. The molecule has 1 fully saturated rings. The molecule has 0 aliphatic carbocycles. The minimum Gasteiger partial charge on any atom is -0.465 e. The molecular weight excluding hydrogens is 452 g/mol. The van der Waals surface area contributed by atoms with E-state index in [1.165, 1.54) is 0 Å². The molecule has 2 heterocycles. The van der Waals surface area contributed by atoms with Gasteiger partial charge in [0.25, 0.3) is 0 Å². The van der Waals surface area contributed by atoms with Crippen molar-refractivity contribution in [2.45, 2.75) is 26.3 Å². The third-order valence-electron chi connectivity index (χ3n) is 4.25. The standard InChI is InChI=1S/C18H21BrN2O8/c1-3-25-16(22)8-20(17(23)26-4-2)21-12(9-27-18(21)24)5-11-6-14-15(7-13(11)19)29-10-28-14/h6-7,12H,3-5,8-10H2,1-2H3/t12-/m1/s1. The summed E-state index contributed by atoms with van der Waals surface area (Å²) in [5, 5.41) is 2.02. The molecular formula is C18H21BrN2O8. The van der Waals surface area contributed by atoms with Gasteiger partial charge in [-0.2, -0.15) is 0 Å². The SMILES string of the molecule is CCOC(=O)CN(C(=O)OCC)N1C(=O)OC[C@H]1Cc1cc2c(cc1Br)OCO2. The van der Waals surface area contributed by atoms with Gasteiger partial charge in [-0.15, -0.1) is 0 Å². The number of carbonyl (C=O) groups excluding carboxylic acids is 3. The lowest BCUT2D eigenvalue weighted by atomic mass is 10.1. The molecule has 0 aromatic heterocycles. The third kappa shape index (κ3) is 4.66. The van der Waals surface area contributed by atoms with E-state index in [4.69, 9.17) is 23.7 Å². The van der Waals surface area contributed by atoms with Crippen molar-refractivity contribution in [3.63, 3.8) is 0 Å². The number of esters is 1. The van der Waals surface area contributed by atoms with Crippen molar-refractivity contribution >= 4 is 34.1 Å². The molecule has 1 aromatic rings. The molecule has 0 spiro atoms. The molecule has 10 nitrogen and oxygen atoms in total. The van der Waals surface area contributed by atoms with E-state index in [-0.39, 0.29) is 26.6 Å². The number of carbonyl (C=O) groups is 3. The summed E-state index contributed by atoms with van der Waals surface area (Å²) in [6, 6.07) is 3.03. The van der Waals surface area contributed by atoms with Gasteiger partial charge in [0.15, 0.2) is 11.5 Å². The molecule has 2 amide bonds. The molecule has 0 unspecified atom stereocenters. The molecule has 1 saturated heterocycles. The summed E-state index contributed by atoms with van der Waals surface area (Å²) in [5.41, 5.74) is 0.822. The summed E-state index contributed by atoms with van der Waals surface area (Å²) in [7, 11) is 0. The van der Waals surface area contributed by atoms with Gasteiger partial charge in [0.1, 0.15) is 13.2 Å². The third-order valence-corrected chi connectivity index (χ3v) is 4.99. The lowest BCUT2D eigenvalue weighted by molar-refractivity contribution is -0.147. The van der Waals surface area contributed by atoms with Crippen LogP contribution in [0.4, 0.5) is 9.59 Å². The van der Waals surface area contributed by atoms with E-state index in [9.17, 15) is 14.4 Å². The number of amides is 2. The molecule has 0 N–H and O–H groups in total. The summed E-state index contributed by atoms with van der Waals surface area (Å²) in [6.45, 7) is 3.21. The molecule has 0 radical (unpaired) electrons. The number of cyclic esters (lactones) is 1. The first-order valence-corrected chi connectivity index (χ1v) is 9.87. The van der Waals surface area contributed by atoms with Crippen LogP contribution in [0.1, 0.15) is 19.4 Å². The highest BCUT2D eigenvalue weighted by molar-refractivity contribution is 9.10. The largest absolute Gasteiger partial charge is 0.465 e. The number of rotatable bonds is 7. The summed E-state index contributed by atoms with van der Waals surface area (Å²) in [4.78, 5) is 36.8. The Hall–Kier alpha value is -2.69. The Labute approximate surface area is 175 Å². The molecule has 11 heteroatoms. The lowest BCUT2D eigenvalue weighted by Crippen LogP contribution is -2.54. The fourth-order valence-electron chi connectivity index (χ4n) is 3.02. The maximum Gasteiger partial charge on any atom is 0.429 e. The fraction of sp³-hybridized carbons (Fsp3) is 0.500. The van der Waals surface area contributed by atoms with Gasteiger partial charge in [-0.1, -0.05) is 15.9 Å². The number of hydrogen-bond donors (Lipinski definition) is 0. The van der Waals surface area contributed by atoms with E-state index in [0.29, 0.717) is 17.9 Å².